The Balaban J connectivity index is 3.13. The van der Waals surface area contributed by atoms with E-state index >= 15 is 0 Å². The fourth-order valence-electron chi connectivity index (χ4n) is 1.62. The summed E-state index contributed by atoms with van der Waals surface area (Å²) >= 11 is 5.69. The topological polar surface area (TPSA) is 110 Å². The first kappa shape index (κ1) is 15.9. The van der Waals surface area contributed by atoms with Crippen LogP contribution in [-0.4, -0.2) is 27.9 Å². The Hall–Kier alpha value is -2.15. The van der Waals surface area contributed by atoms with Crippen molar-refractivity contribution in [3.63, 3.8) is 0 Å². The predicted octanol–water partition coefficient (Wildman–Crippen LogP) is 2.09. The molecule has 0 heterocycles. The molecule has 108 valence electrons. The van der Waals surface area contributed by atoms with Crippen molar-refractivity contribution >= 4 is 29.2 Å². The second kappa shape index (κ2) is 6.33. The van der Waals surface area contributed by atoms with Gasteiger partial charge in [0.25, 0.3) is 5.91 Å². The Bertz CT molecular complexity index is 559. The summed E-state index contributed by atoms with van der Waals surface area (Å²) in [5.74, 6) is -2.42. The molecule has 1 amide bonds. The molecule has 0 radical (unpaired) electrons. The quantitative estimate of drug-likeness (QED) is 0.639. The summed E-state index contributed by atoms with van der Waals surface area (Å²) in [4.78, 5) is 33.2. The second-order valence-corrected chi connectivity index (χ2v) is 4.83. The molecule has 0 aliphatic rings. The number of hydrogen-bond acceptors (Lipinski definition) is 4. The number of aliphatic carboxylic acids is 1. The van der Waals surface area contributed by atoms with Crippen LogP contribution in [0.5, 0.6) is 0 Å². The third kappa shape index (κ3) is 3.45. The molecule has 1 rings (SSSR count). The number of hydrogen-bond donors (Lipinski definition) is 2. The molecular formula is C12H13ClN2O5. The van der Waals surface area contributed by atoms with Crippen LogP contribution in [-0.2, 0) is 4.79 Å². The van der Waals surface area contributed by atoms with Crippen LogP contribution < -0.4 is 5.32 Å². The minimum atomic E-state index is -1.21. The number of nitrogens with one attached hydrogen (secondary N) is 1. The van der Waals surface area contributed by atoms with Gasteiger partial charge in [0.2, 0.25) is 0 Å². The number of nitrogens with zero attached hydrogens (tertiary/aromatic N) is 1. The number of carbonyl (C=O) groups is 2. The Labute approximate surface area is 119 Å². The standard InChI is InChI=1S/C12H13ClN2O5/c1-6(2)9(12(17)18)14-11(16)7-4-3-5-8(13)10(7)15(19)20/h3-6,9H,1-2H3,(H,14,16)(H,17,18)/t9-/m1/s1. The van der Waals surface area contributed by atoms with E-state index < -0.39 is 28.5 Å². The Morgan fingerprint density at radius 2 is 2.00 bits per heavy atom. The lowest BCUT2D eigenvalue weighted by Gasteiger charge is -2.17. The molecule has 7 nitrogen and oxygen atoms in total. The van der Waals surface area contributed by atoms with Crippen molar-refractivity contribution in [1.82, 2.24) is 5.32 Å². The molecular weight excluding hydrogens is 288 g/mol. The van der Waals surface area contributed by atoms with Gasteiger partial charge in [0, 0.05) is 0 Å². The van der Waals surface area contributed by atoms with Crippen molar-refractivity contribution in [2.24, 2.45) is 5.92 Å². The zero-order chi connectivity index (χ0) is 15.4. The third-order valence-corrected chi connectivity index (χ3v) is 2.94. The number of carbonyl (C=O) groups excluding carboxylic acids is 1. The second-order valence-electron chi connectivity index (χ2n) is 4.43. The molecule has 0 spiro atoms. The van der Waals surface area contributed by atoms with Crippen molar-refractivity contribution in [2.75, 3.05) is 0 Å². The molecule has 0 aliphatic carbocycles. The van der Waals surface area contributed by atoms with Crippen LogP contribution in [0, 0.1) is 16.0 Å². The molecule has 1 aromatic rings. The Morgan fingerprint density at radius 3 is 2.45 bits per heavy atom. The molecule has 1 aromatic carbocycles. The first-order valence-electron chi connectivity index (χ1n) is 5.72. The lowest BCUT2D eigenvalue weighted by molar-refractivity contribution is -0.385. The molecule has 0 aromatic heterocycles. The molecule has 0 saturated carbocycles. The summed E-state index contributed by atoms with van der Waals surface area (Å²) in [5, 5.41) is 22.0. The highest BCUT2D eigenvalue weighted by Crippen LogP contribution is 2.28. The largest absolute Gasteiger partial charge is 0.480 e. The van der Waals surface area contributed by atoms with Crippen LogP contribution in [0.3, 0.4) is 0 Å². The van der Waals surface area contributed by atoms with Gasteiger partial charge in [-0.05, 0) is 18.1 Å². The van der Waals surface area contributed by atoms with Gasteiger partial charge in [0.15, 0.2) is 0 Å². The van der Waals surface area contributed by atoms with Crippen molar-refractivity contribution in [2.45, 2.75) is 19.9 Å². The number of carboxylic acid groups (broad SMARTS) is 1. The smallest absolute Gasteiger partial charge is 0.326 e. The number of benzene rings is 1. The average molecular weight is 301 g/mol. The van der Waals surface area contributed by atoms with Crippen LogP contribution in [0.1, 0.15) is 24.2 Å². The molecule has 1 atom stereocenters. The number of amides is 1. The Kier molecular flexibility index (Phi) is 5.04. The highest BCUT2D eigenvalue weighted by molar-refractivity contribution is 6.33. The van der Waals surface area contributed by atoms with Crippen molar-refractivity contribution in [1.29, 1.82) is 0 Å². The van der Waals surface area contributed by atoms with Crippen LogP contribution in [0.25, 0.3) is 0 Å². The van der Waals surface area contributed by atoms with Gasteiger partial charge in [-0.1, -0.05) is 31.5 Å². The number of carboxylic acids is 1. The number of halogens is 1. The van der Waals surface area contributed by atoms with Crippen molar-refractivity contribution < 1.29 is 19.6 Å². The van der Waals surface area contributed by atoms with Gasteiger partial charge >= 0.3 is 11.7 Å². The molecule has 2 N–H and O–H groups in total. The van der Waals surface area contributed by atoms with Crippen molar-refractivity contribution in [3.8, 4) is 0 Å². The third-order valence-electron chi connectivity index (χ3n) is 2.63. The van der Waals surface area contributed by atoms with Crippen LogP contribution in [0.15, 0.2) is 18.2 Å². The van der Waals surface area contributed by atoms with Gasteiger partial charge in [-0.25, -0.2) is 4.79 Å². The summed E-state index contributed by atoms with van der Waals surface area (Å²) in [7, 11) is 0. The fourth-order valence-corrected chi connectivity index (χ4v) is 1.86. The summed E-state index contributed by atoms with van der Waals surface area (Å²) in [6.45, 7) is 3.23. The summed E-state index contributed by atoms with van der Waals surface area (Å²) in [6.07, 6.45) is 0. The maximum absolute atomic E-state index is 12.0. The maximum Gasteiger partial charge on any atom is 0.326 e. The summed E-state index contributed by atoms with van der Waals surface area (Å²) < 4.78 is 0. The van der Waals surface area contributed by atoms with E-state index in [2.05, 4.69) is 5.32 Å². The monoisotopic (exact) mass is 300 g/mol. The van der Waals surface area contributed by atoms with E-state index in [-0.39, 0.29) is 16.5 Å². The summed E-state index contributed by atoms with van der Waals surface area (Å²) in [5.41, 5.74) is -0.811. The van der Waals surface area contributed by atoms with Crippen LogP contribution >= 0.6 is 11.6 Å². The average Bonchev–Trinajstić information content (AvgIpc) is 2.33. The van der Waals surface area contributed by atoms with Gasteiger partial charge in [0.1, 0.15) is 16.6 Å². The normalized spacial score (nSPS) is 12.0. The van der Waals surface area contributed by atoms with Gasteiger partial charge < -0.3 is 10.4 Å². The zero-order valence-electron chi connectivity index (χ0n) is 10.8. The minimum absolute atomic E-state index is 0.181. The minimum Gasteiger partial charge on any atom is -0.480 e. The maximum atomic E-state index is 12.0. The number of nitro benzene ring substituents is 1. The molecule has 0 fully saturated rings. The van der Waals surface area contributed by atoms with Crippen LogP contribution in [0.2, 0.25) is 5.02 Å². The summed E-state index contributed by atoms with van der Waals surface area (Å²) in [6, 6.07) is 2.75. The van der Waals surface area contributed by atoms with E-state index in [9.17, 15) is 19.7 Å². The fraction of sp³-hybridized carbons (Fsp3) is 0.333. The molecule has 0 bridgehead atoms. The van der Waals surface area contributed by atoms with Crippen molar-refractivity contribution in [3.05, 3.63) is 38.9 Å². The molecule has 8 heteroatoms. The van der Waals surface area contributed by atoms with Gasteiger partial charge in [-0.3, -0.25) is 14.9 Å². The van der Waals surface area contributed by atoms with E-state index in [1.54, 1.807) is 13.8 Å². The SMILES string of the molecule is CC(C)[C@@H](NC(=O)c1cccc(Cl)c1[N+](=O)[O-])C(=O)O. The number of para-hydroxylation sites is 1. The number of nitro groups is 1. The van der Waals surface area contributed by atoms with E-state index in [0.29, 0.717) is 0 Å². The lowest BCUT2D eigenvalue weighted by atomic mass is 10.0. The highest BCUT2D eigenvalue weighted by Gasteiger charge is 2.28. The van der Waals surface area contributed by atoms with Gasteiger partial charge in [-0.15, -0.1) is 0 Å². The first-order valence-corrected chi connectivity index (χ1v) is 6.10. The molecule has 20 heavy (non-hydrogen) atoms. The van der Waals surface area contributed by atoms with E-state index in [1.807, 2.05) is 0 Å². The van der Waals surface area contributed by atoms with Gasteiger partial charge in [-0.2, -0.15) is 0 Å². The lowest BCUT2D eigenvalue weighted by Crippen LogP contribution is -2.44. The molecule has 0 saturated heterocycles. The van der Waals surface area contributed by atoms with Gasteiger partial charge in [0.05, 0.1) is 4.92 Å². The first-order chi connectivity index (χ1) is 9.25. The van der Waals surface area contributed by atoms with E-state index in [4.69, 9.17) is 16.7 Å². The van der Waals surface area contributed by atoms with Crippen LogP contribution in [0.4, 0.5) is 5.69 Å². The predicted molar refractivity (Wildman–Crippen MR) is 71.8 cm³/mol. The zero-order valence-corrected chi connectivity index (χ0v) is 11.5. The van der Waals surface area contributed by atoms with E-state index in [1.165, 1.54) is 18.2 Å². The molecule has 0 aliphatic heterocycles. The highest BCUT2D eigenvalue weighted by atomic mass is 35.5. The Morgan fingerprint density at radius 1 is 1.40 bits per heavy atom. The molecule has 0 unspecified atom stereocenters. The van der Waals surface area contributed by atoms with E-state index in [0.717, 1.165) is 0 Å². The number of rotatable bonds is 5.